The lowest BCUT2D eigenvalue weighted by Crippen LogP contribution is -2.46. The normalized spacial score (nSPS) is 34.5. The van der Waals surface area contributed by atoms with E-state index in [0.29, 0.717) is 22.8 Å². The van der Waals surface area contributed by atoms with Crippen molar-refractivity contribution in [2.24, 2.45) is 16.7 Å². The Labute approximate surface area is 151 Å². The van der Waals surface area contributed by atoms with Crippen molar-refractivity contribution in [3.63, 3.8) is 0 Å². The molecule has 0 aromatic carbocycles. The molecule has 0 amide bonds. The van der Waals surface area contributed by atoms with E-state index >= 15 is 0 Å². The smallest absolute Gasteiger partial charge is 0.223 e. The highest BCUT2D eigenvalue weighted by molar-refractivity contribution is 5.54. The van der Waals surface area contributed by atoms with Gasteiger partial charge in [-0.25, -0.2) is 0 Å². The van der Waals surface area contributed by atoms with E-state index in [-0.39, 0.29) is 0 Å². The molecule has 3 unspecified atom stereocenters. The first kappa shape index (κ1) is 16.9. The van der Waals surface area contributed by atoms with Gasteiger partial charge in [0.05, 0.1) is 0 Å². The Morgan fingerprint density at radius 1 is 1.16 bits per heavy atom. The number of aromatic nitrogens is 2. The van der Waals surface area contributed by atoms with Crippen molar-refractivity contribution >= 4 is 17.6 Å². The van der Waals surface area contributed by atoms with Gasteiger partial charge < -0.3 is 20.9 Å². The maximum absolute atomic E-state index is 6.04. The highest BCUT2D eigenvalue weighted by Gasteiger charge is 2.59. The standard InChI is InChI=1S/C19H32N6/c1-18(2)13-5-6-19(3,12-13)16(18)21-14-11-15(23-17(20)22-14)25-9-7-24(4)8-10-25/h11,13,16H,5-10,12H2,1-4H3,(H3,20,21,22,23). The number of rotatable bonds is 3. The molecule has 3 atom stereocenters. The second kappa shape index (κ2) is 5.73. The van der Waals surface area contributed by atoms with E-state index in [1.54, 1.807) is 0 Å². The molecule has 2 saturated carbocycles. The Kier molecular flexibility index (Phi) is 3.87. The van der Waals surface area contributed by atoms with E-state index in [1.165, 1.54) is 19.3 Å². The van der Waals surface area contributed by atoms with Crippen LogP contribution >= 0.6 is 0 Å². The molecule has 138 valence electrons. The molecule has 1 aliphatic heterocycles. The zero-order valence-electron chi connectivity index (χ0n) is 16.0. The van der Waals surface area contributed by atoms with Crippen LogP contribution in [0, 0.1) is 16.7 Å². The number of nitrogen functional groups attached to an aromatic ring is 1. The molecule has 0 spiro atoms. The Morgan fingerprint density at radius 3 is 2.52 bits per heavy atom. The minimum Gasteiger partial charge on any atom is -0.368 e. The van der Waals surface area contributed by atoms with Crippen LogP contribution in [0.3, 0.4) is 0 Å². The minimum atomic E-state index is 0.292. The molecule has 0 radical (unpaired) electrons. The van der Waals surface area contributed by atoms with Gasteiger partial charge in [-0.15, -0.1) is 0 Å². The number of nitrogens with one attached hydrogen (secondary N) is 1. The third-order valence-electron chi connectivity index (χ3n) is 7.12. The Bertz CT molecular complexity index is 647. The summed E-state index contributed by atoms with van der Waals surface area (Å²) in [6, 6.07) is 2.53. The van der Waals surface area contributed by atoms with Gasteiger partial charge in [-0.2, -0.15) is 9.97 Å². The van der Waals surface area contributed by atoms with Gasteiger partial charge in [-0.05, 0) is 43.1 Å². The summed E-state index contributed by atoms with van der Waals surface area (Å²) < 4.78 is 0. The van der Waals surface area contributed by atoms with Crippen molar-refractivity contribution in [2.75, 3.05) is 49.2 Å². The number of likely N-dealkylation sites (N-methyl/N-ethyl adjacent to an activating group) is 1. The molecule has 4 rings (SSSR count). The minimum absolute atomic E-state index is 0.292. The summed E-state index contributed by atoms with van der Waals surface area (Å²) in [5.41, 5.74) is 6.70. The van der Waals surface area contributed by atoms with E-state index < -0.39 is 0 Å². The third-order valence-corrected chi connectivity index (χ3v) is 7.12. The summed E-state index contributed by atoms with van der Waals surface area (Å²) in [6.07, 6.45) is 3.99. The van der Waals surface area contributed by atoms with Crippen LogP contribution in [-0.2, 0) is 0 Å². The van der Waals surface area contributed by atoms with Crippen molar-refractivity contribution in [1.29, 1.82) is 0 Å². The average molecular weight is 345 g/mol. The molecular formula is C19H32N6. The summed E-state index contributed by atoms with van der Waals surface area (Å²) in [5.74, 6) is 3.01. The summed E-state index contributed by atoms with van der Waals surface area (Å²) in [7, 11) is 2.16. The molecule has 3 fully saturated rings. The van der Waals surface area contributed by atoms with E-state index in [9.17, 15) is 0 Å². The van der Waals surface area contributed by atoms with Crippen LogP contribution in [0.1, 0.15) is 40.0 Å². The lowest BCUT2D eigenvalue weighted by atomic mass is 9.68. The summed E-state index contributed by atoms with van der Waals surface area (Å²) in [6.45, 7) is 11.3. The Balaban J connectivity index is 1.57. The first-order valence-corrected chi connectivity index (χ1v) is 9.62. The summed E-state index contributed by atoms with van der Waals surface area (Å²) in [4.78, 5) is 13.7. The van der Waals surface area contributed by atoms with Crippen LogP contribution in [-0.4, -0.2) is 54.1 Å². The molecule has 1 aromatic heterocycles. The van der Waals surface area contributed by atoms with Crippen LogP contribution < -0.4 is 16.0 Å². The van der Waals surface area contributed by atoms with E-state index in [1.807, 2.05) is 0 Å². The number of nitrogens with two attached hydrogens (primary N) is 1. The predicted octanol–water partition coefficient (Wildman–Crippen LogP) is 2.44. The maximum atomic E-state index is 6.04. The van der Waals surface area contributed by atoms with E-state index in [4.69, 9.17) is 5.73 Å². The molecule has 25 heavy (non-hydrogen) atoms. The summed E-state index contributed by atoms with van der Waals surface area (Å²) in [5, 5.41) is 3.76. The van der Waals surface area contributed by atoms with Gasteiger partial charge in [0.2, 0.25) is 5.95 Å². The number of hydrogen-bond acceptors (Lipinski definition) is 6. The molecule has 2 aliphatic carbocycles. The zero-order valence-corrected chi connectivity index (χ0v) is 16.0. The molecule has 1 aromatic rings. The van der Waals surface area contributed by atoms with Crippen molar-refractivity contribution in [3.8, 4) is 0 Å². The van der Waals surface area contributed by atoms with Crippen LogP contribution in [0.2, 0.25) is 0 Å². The fraction of sp³-hybridized carbons (Fsp3) is 0.789. The highest BCUT2D eigenvalue weighted by Crippen LogP contribution is 2.63. The lowest BCUT2D eigenvalue weighted by molar-refractivity contribution is 0.155. The Morgan fingerprint density at radius 2 is 1.88 bits per heavy atom. The first-order valence-electron chi connectivity index (χ1n) is 9.62. The number of hydrogen-bond donors (Lipinski definition) is 2. The van der Waals surface area contributed by atoms with Crippen LogP contribution in [0.15, 0.2) is 6.07 Å². The molecule has 2 bridgehead atoms. The van der Waals surface area contributed by atoms with Gasteiger partial charge in [0.15, 0.2) is 0 Å². The summed E-state index contributed by atoms with van der Waals surface area (Å²) >= 11 is 0. The Hall–Kier alpha value is -1.56. The van der Waals surface area contributed by atoms with Gasteiger partial charge in [-0.1, -0.05) is 20.8 Å². The maximum Gasteiger partial charge on any atom is 0.223 e. The lowest BCUT2D eigenvalue weighted by Gasteiger charge is -2.43. The van der Waals surface area contributed by atoms with Crippen molar-refractivity contribution in [1.82, 2.24) is 14.9 Å². The monoisotopic (exact) mass is 344 g/mol. The quantitative estimate of drug-likeness (QED) is 0.878. The molecule has 3 N–H and O–H groups in total. The number of fused-ring (bicyclic) bond motifs is 2. The first-order chi connectivity index (χ1) is 11.8. The van der Waals surface area contributed by atoms with Gasteiger partial charge in [0.1, 0.15) is 11.6 Å². The van der Waals surface area contributed by atoms with Crippen LogP contribution in [0.5, 0.6) is 0 Å². The predicted molar refractivity (Wildman–Crippen MR) is 103 cm³/mol. The van der Waals surface area contributed by atoms with Crippen molar-refractivity contribution in [2.45, 2.75) is 46.1 Å². The SMILES string of the molecule is CN1CCN(c2cc(NC3C4(C)CCC(C4)C3(C)C)nc(N)n2)CC1. The average Bonchev–Trinajstić information content (AvgIpc) is 3.03. The zero-order chi connectivity index (χ0) is 17.8. The van der Waals surface area contributed by atoms with Crippen LogP contribution in [0.4, 0.5) is 17.6 Å². The number of anilines is 3. The highest BCUT2D eigenvalue weighted by atomic mass is 15.3. The molecule has 2 heterocycles. The topological polar surface area (TPSA) is 70.3 Å². The molecule has 6 nitrogen and oxygen atoms in total. The van der Waals surface area contributed by atoms with Crippen molar-refractivity contribution in [3.05, 3.63) is 6.07 Å². The second-order valence-electron chi connectivity index (χ2n) is 9.25. The molecule has 6 heteroatoms. The molecule has 3 aliphatic rings. The number of piperazine rings is 1. The van der Waals surface area contributed by atoms with E-state index in [0.717, 1.165) is 43.7 Å². The van der Waals surface area contributed by atoms with Gasteiger partial charge in [0, 0.05) is 38.3 Å². The fourth-order valence-electron chi connectivity index (χ4n) is 5.53. The molecular weight excluding hydrogens is 312 g/mol. The number of nitrogens with zero attached hydrogens (tertiary/aromatic N) is 4. The second-order valence-corrected chi connectivity index (χ2v) is 9.25. The van der Waals surface area contributed by atoms with Crippen molar-refractivity contribution < 1.29 is 0 Å². The van der Waals surface area contributed by atoms with Gasteiger partial charge in [-0.3, -0.25) is 0 Å². The van der Waals surface area contributed by atoms with Crippen LogP contribution in [0.25, 0.3) is 0 Å². The van der Waals surface area contributed by atoms with Gasteiger partial charge in [0.25, 0.3) is 0 Å². The van der Waals surface area contributed by atoms with E-state index in [2.05, 4.69) is 59.0 Å². The fourth-order valence-corrected chi connectivity index (χ4v) is 5.53. The molecule has 1 saturated heterocycles. The van der Waals surface area contributed by atoms with Gasteiger partial charge >= 0.3 is 0 Å². The third kappa shape index (κ3) is 2.84. The largest absolute Gasteiger partial charge is 0.368 e.